The number of nitrogens with zero attached hydrogens (tertiary/aromatic N) is 2. The largest absolute Gasteiger partial charge is 0.344 e. The van der Waals surface area contributed by atoms with Crippen LogP contribution >= 0.6 is 15.9 Å². The fourth-order valence-electron chi connectivity index (χ4n) is 3.71. The fourth-order valence-corrected chi connectivity index (χ4v) is 4.29. The number of amides is 1. The summed E-state index contributed by atoms with van der Waals surface area (Å²) in [4.78, 5) is 12.6. The number of hydrogen-bond donors (Lipinski definition) is 2. The quantitative estimate of drug-likeness (QED) is 0.849. The van der Waals surface area contributed by atoms with Gasteiger partial charge in [0.2, 0.25) is 0 Å². The summed E-state index contributed by atoms with van der Waals surface area (Å²) in [6, 6.07) is 8.43. The van der Waals surface area contributed by atoms with Crippen LogP contribution in [0.1, 0.15) is 53.0 Å². The highest BCUT2D eigenvalue weighted by Crippen LogP contribution is 2.35. The van der Waals surface area contributed by atoms with Crippen molar-refractivity contribution in [3.05, 3.63) is 51.8 Å². The number of hydrogen-bond acceptors (Lipinski definition) is 3. The summed E-state index contributed by atoms with van der Waals surface area (Å²) in [7, 11) is 0. The molecule has 1 aliphatic heterocycles. The second-order valence-electron chi connectivity index (χ2n) is 6.55. The Kier molecular flexibility index (Phi) is 4.41. The number of carbonyl (C=O) groups is 1. The van der Waals surface area contributed by atoms with E-state index in [4.69, 9.17) is 0 Å². The SMILES string of the molecule is O=C(NC1CCc2c(Br)cccc21)c1ccn(C2CCCNC2)n1. The minimum absolute atomic E-state index is 0.0755. The lowest BCUT2D eigenvalue weighted by atomic mass is 10.1. The maximum atomic E-state index is 12.6. The van der Waals surface area contributed by atoms with E-state index in [0.29, 0.717) is 11.7 Å². The summed E-state index contributed by atoms with van der Waals surface area (Å²) in [6.45, 7) is 1.99. The molecule has 4 rings (SSSR count). The highest BCUT2D eigenvalue weighted by Gasteiger charge is 2.26. The molecular weight excluding hydrogens is 368 g/mol. The molecular formula is C18H21BrN4O. The molecule has 0 saturated carbocycles. The van der Waals surface area contributed by atoms with Crippen LogP contribution in [0.15, 0.2) is 34.9 Å². The maximum Gasteiger partial charge on any atom is 0.272 e. The van der Waals surface area contributed by atoms with E-state index in [1.54, 1.807) is 0 Å². The predicted octanol–water partition coefficient (Wildman–Crippen LogP) is 2.99. The third-order valence-electron chi connectivity index (χ3n) is 5.00. The summed E-state index contributed by atoms with van der Waals surface area (Å²) < 4.78 is 3.06. The summed E-state index contributed by atoms with van der Waals surface area (Å²) >= 11 is 3.60. The van der Waals surface area contributed by atoms with Crippen molar-refractivity contribution in [1.82, 2.24) is 20.4 Å². The van der Waals surface area contributed by atoms with Gasteiger partial charge in [0.15, 0.2) is 0 Å². The van der Waals surface area contributed by atoms with Crippen LogP contribution in [0, 0.1) is 0 Å². The molecule has 2 unspecified atom stereocenters. The third kappa shape index (κ3) is 3.00. The number of nitrogens with one attached hydrogen (secondary N) is 2. The lowest BCUT2D eigenvalue weighted by Crippen LogP contribution is -2.32. The first-order valence-electron chi connectivity index (χ1n) is 8.56. The summed E-state index contributed by atoms with van der Waals surface area (Å²) in [5, 5.41) is 11.0. The molecule has 2 aromatic rings. The number of carbonyl (C=O) groups excluding carboxylic acids is 1. The Bertz CT molecular complexity index is 751. The van der Waals surface area contributed by atoms with Crippen molar-refractivity contribution in [2.45, 2.75) is 37.8 Å². The molecule has 2 aliphatic rings. The van der Waals surface area contributed by atoms with E-state index >= 15 is 0 Å². The second-order valence-corrected chi connectivity index (χ2v) is 7.41. The van der Waals surface area contributed by atoms with Crippen LogP contribution in [0.2, 0.25) is 0 Å². The second kappa shape index (κ2) is 6.69. The van der Waals surface area contributed by atoms with Gasteiger partial charge in [0.25, 0.3) is 5.91 Å². The summed E-state index contributed by atoms with van der Waals surface area (Å²) in [6.07, 6.45) is 6.12. The van der Waals surface area contributed by atoms with Crippen molar-refractivity contribution in [1.29, 1.82) is 0 Å². The molecule has 1 amide bonds. The normalized spacial score (nSPS) is 23.0. The number of rotatable bonds is 3. The highest BCUT2D eigenvalue weighted by molar-refractivity contribution is 9.10. The average molecular weight is 389 g/mol. The molecule has 24 heavy (non-hydrogen) atoms. The molecule has 2 N–H and O–H groups in total. The van der Waals surface area contributed by atoms with Gasteiger partial charge in [-0.15, -0.1) is 0 Å². The lowest BCUT2D eigenvalue weighted by Gasteiger charge is -2.22. The Morgan fingerprint density at radius 1 is 1.33 bits per heavy atom. The zero-order chi connectivity index (χ0) is 16.5. The highest BCUT2D eigenvalue weighted by atomic mass is 79.9. The Morgan fingerprint density at radius 2 is 2.25 bits per heavy atom. The van der Waals surface area contributed by atoms with Crippen molar-refractivity contribution in [3.63, 3.8) is 0 Å². The summed E-state index contributed by atoms with van der Waals surface area (Å²) in [5.41, 5.74) is 3.03. The van der Waals surface area contributed by atoms with Gasteiger partial charge in [0, 0.05) is 17.2 Å². The first kappa shape index (κ1) is 15.8. The zero-order valence-electron chi connectivity index (χ0n) is 13.5. The zero-order valence-corrected chi connectivity index (χ0v) is 15.1. The Morgan fingerprint density at radius 3 is 3.08 bits per heavy atom. The van der Waals surface area contributed by atoms with Crippen LogP contribution < -0.4 is 10.6 Å². The van der Waals surface area contributed by atoms with Gasteiger partial charge >= 0.3 is 0 Å². The van der Waals surface area contributed by atoms with Crippen LogP contribution in [0.25, 0.3) is 0 Å². The van der Waals surface area contributed by atoms with Gasteiger partial charge in [0.05, 0.1) is 12.1 Å². The van der Waals surface area contributed by atoms with Gasteiger partial charge in [-0.1, -0.05) is 28.1 Å². The molecule has 1 aliphatic carbocycles. The Balaban J connectivity index is 1.46. The lowest BCUT2D eigenvalue weighted by molar-refractivity contribution is 0.0930. The number of halogens is 1. The van der Waals surface area contributed by atoms with Gasteiger partial charge in [-0.25, -0.2) is 0 Å². The minimum atomic E-state index is -0.0876. The number of benzene rings is 1. The van der Waals surface area contributed by atoms with Crippen LogP contribution in [0.4, 0.5) is 0 Å². The molecule has 1 aromatic carbocycles. The average Bonchev–Trinajstić information content (AvgIpc) is 3.24. The van der Waals surface area contributed by atoms with Gasteiger partial charge in [0.1, 0.15) is 5.69 Å². The molecule has 1 fully saturated rings. The van der Waals surface area contributed by atoms with Gasteiger partial charge < -0.3 is 10.6 Å². The number of fused-ring (bicyclic) bond motifs is 1. The van der Waals surface area contributed by atoms with Gasteiger partial charge in [-0.05, 0) is 55.5 Å². The number of aromatic nitrogens is 2. The third-order valence-corrected chi connectivity index (χ3v) is 5.75. The van der Waals surface area contributed by atoms with Crippen LogP contribution in [-0.4, -0.2) is 28.8 Å². The van der Waals surface area contributed by atoms with E-state index in [1.807, 2.05) is 23.0 Å². The first-order valence-corrected chi connectivity index (χ1v) is 9.35. The molecule has 1 aromatic heterocycles. The molecule has 2 atom stereocenters. The van der Waals surface area contributed by atoms with Crippen LogP contribution in [0.3, 0.4) is 0 Å². The number of piperidine rings is 1. The van der Waals surface area contributed by atoms with Crippen LogP contribution in [-0.2, 0) is 6.42 Å². The van der Waals surface area contributed by atoms with E-state index in [1.165, 1.54) is 11.1 Å². The maximum absolute atomic E-state index is 12.6. The van der Waals surface area contributed by atoms with Gasteiger partial charge in [-0.3, -0.25) is 9.48 Å². The van der Waals surface area contributed by atoms with Crippen molar-refractivity contribution >= 4 is 21.8 Å². The molecule has 0 radical (unpaired) electrons. The molecule has 2 heterocycles. The standard InChI is InChI=1S/C18H21BrN4O/c19-15-5-1-4-14-13(15)6-7-16(14)21-18(24)17-8-10-23(22-17)12-3-2-9-20-11-12/h1,4-5,8,10,12,16,20H,2-3,6-7,9,11H2,(H,21,24). The van der Waals surface area contributed by atoms with Crippen molar-refractivity contribution in [2.24, 2.45) is 0 Å². The first-order chi connectivity index (χ1) is 11.7. The monoisotopic (exact) mass is 388 g/mol. The smallest absolute Gasteiger partial charge is 0.272 e. The van der Waals surface area contributed by atoms with Gasteiger partial charge in [-0.2, -0.15) is 5.10 Å². The molecule has 0 spiro atoms. The van der Waals surface area contributed by atoms with Crippen molar-refractivity contribution < 1.29 is 4.79 Å². The topological polar surface area (TPSA) is 59.0 Å². The molecule has 1 saturated heterocycles. The molecule has 0 bridgehead atoms. The fraction of sp³-hybridized carbons (Fsp3) is 0.444. The van der Waals surface area contributed by atoms with E-state index in [0.717, 1.165) is 43.2 Å². The van der Waals surface area contributed by atoms with E-state index in [9.17, 15) is 4.79 Å². The van der Waals surface area contributed by atoms with Crippen LogP contribution in [0.5, 0.6) is 0 Å². The molecule has 6 heteroatoms. The van der Waals surface area contributed by atoms with Crippen molar-refractivity contribution in [2.75, 3.05) is 13.1 Å². The van der Waals surface area contributed by atoms with E-state index in [2.05, 4.69) is 43.8 Å². The van der Waals surface area contributed by atoms with Crippen molar-refractivity contribution in [3.8, 4) is 0 Å². The minimum Gasteiger partial charge on any atom is -0.344 e. The Hall–Kier alpha value is -1.66. The molecule has 5 nitrogen and oxygen atoms in total. The summed E-state index contributed by atoms with van der Waals surface area (Å²) in [5.74, 6) is -0.0876. The van der Waals surface area contributed by atoms with E-state index < -0.39 is 0 Å². The van der Waals surface area contributed by atoms with E-state index in [-0.39, 0.29) is 11.9 Å². The Labute approximate surface area is 149 Å². The molecule has 126 valence electrons. The predicted molar refractivity (Wildman–Crippen MR) is 96.0 cm³/mol.